The maximum Gasteiger partial charge on any atom is 0.249 e. The summed E-state index contributed by atoms with van der Waals surface area (Å²) < 4.78 is 4.89. The third-order valence-electron chi connectivity index (χ3n) is 3.65. The summed E-state index contributed by atoms with van der Waals surface area (Å²) in [6.45, 7) is 5.57. The third-order valence-corrected chi connectivity index (χ3v) is 3.65. The SMILES string of the molecule is COCC(=O)N1Cc2ccc(C(O)CC(C)C)cc2C1. The number of carbonyl (C=O) groups is 1. The molecule has 1 aliphatic heterocycles. The van der Waals surface area contributed by atoms with Crippen LogP contribution in [0.1, 0.15) is 43.1 Å². The van der Waals surface area contributed by atoms with Gasteiger partial charge in [-0.2, -0.15) is 0 Å². The lowest BCUT2D eigenvalue weighted by Gasteiger charge is -2.14. The standard InChI is InChI=1S/C16H23NO3/c1-11(2)6-15(18)12-4-5-13-8-17(9-14(13)7-12)16(19)10-20-3/h4-5,7,11,15,18H,6,8-10H2,1-3H3. The molecule has 0 saturated heterocycles. The molecule has 0 saturated carbocycles. The first-order valence-electron chi connectivity index (χ1n) is 7.07. The molecule has 1 unspecified atom stereocenters. The molecule has 0 radical (unpaired) electrons. The van der Waals surface area contributed by atoms with Gasteiger partial charge in [-0.3, -0.25) is 4.79 Å². The molecule has 1 aromatic rings. The second-order valence-electron chi connectivity index (χ2n) is 5.86. The van der Waals surface area contributed by atoms with Gasteiger partial charge in [-0.05, 0) is 29.0 Å². The Balaban J connectivity index is 2.08. The Morgan fingerprint density at radius 3 is 2.70 bits per heavy atom. The molecule has 0 aromatic heterocycles. The minimum atomic E-state index is -0.427. The number of amides is 1. The highest BCUT2D eigenvalue weighted by Crippen LogP contribution is 2.28. The Bertz CT molecular complexity index is 485. The number of carbonyl (C=O) groups excluding carboxylic acids is 1. The van der Waals surface area contributed by atoms with Crippen molar-refractivity contribution in [3.05, 3.63) is 34.9 Å². The van der Waals surface area contributed by atoms with E-state index in [9.17, 15) is 9.90 Å². The number of benzene rings is 1. The molecular formula is C16H23NO3. The molecule has 1 heterocycles. The smallest absolute Gasteiger partial charge is 0.249 e. The molecule has 1 atom stereocenters. The Hall–Kier alpha value is -1.39. The molecule has 0 bridgehead atoms. The van der Waals surface area contributed by atoms with Gasteiger partial charge in [-0.1, -0.05) is 32.0 Å². The van der Waals surface area contributed by atoms with Crippen LogP contribution in [-0.2, 0) is 22.6 Å². The second kappa shape index (κ2) is 6.37. The van der Waals surface area contributed by atoms with E-state index in [1.165, 1.54) is 7.11 Å². The lowest BCUT2D eigenvalue weighted by molar-refractivity contribution is -0.135. The number of hydrogen-bond donors (Lipinski definition) is 1. The van der Waals surface area contributed by atoms with E-state index in [0.717, 1.165) is 23.1 Å². The largest absolute Gasteiger partial charge is 0.388 e. The lowest BCUT2D eigenvalue weighted by Crippen LogP contribution is -2.28. The minimum absolute atomic E-state index is 0.00739. The van der Waals surface area contributed by atoms with Crippen LogP contribution in [0.25, 0.3) is 0 Å². The molecule has 4 nitrogen and oxygen atoms in total. The molecular weight excluding hydrogens is 254 g/mol. The molecule has 1 aliphatic rings. The van der Waals surface area contributed by atoms with Crippen molar-refractivity contribution in [1.29, 1.82) is 0 Å². The van der Waals surface area contributed by atoms with Crippen LogP contribution in [-0.4, -0.2) is 29.6 Å². The van der Waals surface area contributed by atoms with Crippen LogP contribution in [0, 0.1) is 5.92 Å². The van der Waals surface area contributed by atoms with E-state index in [4.69, 9.17) is 4.74 Å². The molecule has 4 heteroatoms. The quantitative estimate of drug-likeness (QED) is 0.898. The number of hydrogen-bond acceptors (Lipinski definition) is 3. The second-order valence-corrected chi connectivity index (χ2v) is 5.86. The summed E-state index contributed by atoms with van der Waals surface area (Å²) in [5.41, 5.74) is 3.24. The van der Waals surface area contributed by atoms with E-state index in [-0.39, 0.29) is 12.5 Å². The first-order valence-corrected chi connectivity index (χ1v) is 7.07. The van der Waals surface area contributed by atoms with E-state index in [1.807, 2.05) is 18.2 Å². The van der Waals surface area contributed by atoms with Crippen molar-refractivity contribution >= 4 is 5.91 Å². The molecule has 1 aromatic carbocycles. The monoisotopic (exact) mass is 277 g/mol. The molecule has 0 spiro atoms. The van der Waals surface area contributed by atoms with E-state index >= 15 is 0 Å². The fourth-order valence-corrected chi connectivity index (χ4v) is 2.60. The van der Waals surface area contributed by atoms with Gasteiger partial charge in [0.05, 0.1) is 6.10 Å². The molecule has 20 heavy (non-hydrogen) atoms. The highest BCUT2D eigenvalue weighted by atomic mass is 16.5. The number of ether oxygens (including phenoxy) is 1. The number of aliphatic hydroxyl groups is 1. The molecule has 1 N–H and O–H groups in total. The van der Waals surface area contributed by atoms with Gasteiger partial charge >= 0.3 is 0 Å². The van der Waals surface area contributed by atoms with E-state index in [2.05, 4.69) is 13.8 Å². The summed E-state index contributed by atoms with van der Waals surface area (Å²) in [5.74, 6) is 0.464. The first-order chi connectivity index (χ1) is 9.51. The van der Waals surface area contributed by atoms with Gasteiger partial charge in [0.2, 0.25) is 5.91 Å². The zero-order valence-electron chi connectivity index (χ0n) is 12.4. The molecule has 0 aliphatic carbocycles. The third kappa shape index (κ3) is 3.38. The number of fused-ring (bicyclic) bond motifs is 1. The summed E-state index contributed by atoms with van der Waals surface area (Å²) >= 11 is 0. The summed E-state index contributed by atoms with van der Waals surface area (Å²) in [7, 11) is 1.53. The number of nitrogens with zero attached hydrogens (tertiary/aromatic N) is 1. The zero-order chi connectivity index (χ0) is 14.7. The Morgan fingerprint density at radius 2 is 2.05 bits per heavy atom. The van der Waals surface area contributed by atoms with Crippen LogP contribution < -0.4 is 0 Å². The van der Waals surface area contributed by atoms with Crippen LogP contribution in [0.5, 0.6) is 0 Å². The van der Waals surface area contributed by atoms with Gasteiger partial charge in [-0.25, -0.2) is 0 Å². The van der Waals surface area contributed by atoms with Crippen LogP contribution in [0.3, 0.4) is 0 Å². The normalized spacial score (nSPS) is 15.6. The minimum Gasteiger partial charge on any atom is -0.388 e. The van der Waals surface area contributed by atoms with Crippen LogP contribution >= 0.6 is 0 Å². The van der Waals surface area contributed by atoms with Gasteiger partial charge in [0.1, 0.15) is 6.61 Å². The maximum atomic E-state index is 11.8. The van der Waals surface area contributed by atoms with Crippen molar-refractivity contribution in [2.45, 2.75) is 39.5 Å². The summed E-state index contributed by atoms with van der Waals surface area (Å²) in [6, 6.07) is 6.02. The molecule has 0 fully saturated rings. The van der Waals surface area contributed by atoms with Crippen molar-refractivity contribution in [3.8, 4) is 0 Å². The Morgan fingerprint density at radius 1 is 1.35 bits per heavy atom. The van der Waals surface area contributed by atoms with Crippen LogP contribution in [0.15, 0.2) is 18.2 Å². The van der Waals surface area contributed by atoms with Gasteiger partial charge in [0.25, 0.3) is 0 Å². The fourth-order valence-electron chi connectivity index (χ4n) is 2.60. The van der Waals surface area contributed by atoms with Crippen molar-refractivity contribution in [2.24, 2.45) is 5.92 Å². The zero-order valence-corrected chi connectivity index (χ0v) is 12.4. The topological polar surface area (TPSA) is 49.8 Å². The van der Waals surface area contributed by atoms with Crippen molar-refractivity contribution in [3.63, 3.8) is 0 Å². The predicted octanol–water partition coefficient (Wildman–Crippen LogP) is 2.25. The Kier molecular flexibility index (Phi) is 4.78. The van der Waals surface area contributed by atoms with E-state index in [0.29, 0.717) is 19.0 Å². The van der Waals surface area contributed by atoms with Crippen molar-refractivity contribution < 1.29 is 14.6 Å². The number of aliphatic hydroxyl groups excluding tert-OH is 1. The van der Waals surface area contributed by atoms with Gasteiger partial charge in [0.15, 0.2) is 0 Å². The fraction of sp³-hybridized carbons (Fsp3) is 0.562. The average molecular weight is 277 g/mol. The summed E-state index contributed by atoms with van der Waals surface area (Å²) in [5, 5.41) is 10.2. The van der Waals surface area contributed by atoms with Gasteiger partial charge < -0.3 is 14.7 Å². The predicted molar refractivity (Wildman–Crippen MR) is 77.0 cm³/mol. The Labute approximate surface area is 120 Å². The molecule has 2 rings (SSSR count). The summed E-state index contributed by atoms with van der Waals surface area (Å²) in [4.78, 5) is 13.6. The van der Waals surface area contributed by atoms with Crippen LogP contribution in [0.4, 0.5) is 0 Å². The van der Waals surface area contributed by atoms with E-state index < -0.39 is 6.10 Å². The lowest BCUT2D eigenvalue weighted by atomic mass is 9.97. The highest BCUT2D eigenvalue weighted by Gasteiger charge is 2.24. The van der Waals surface area contributed by atoms with Gasteiger partial charge in [-0.15, -0.1) is 0 Å². The highest BCUT2D eigenvalue weighted by molar-refractivity contribution is 5.78. The average Bonchev–Trinajstić information content (AvgIpc) is 2.80. The first kappa shape index (κ1) is 15.0. The molecule has 1 amide bonds. The van der Waals surface area contributed by atoms with Gasteiger partial charge in [0, 0.05) is 20.2 Å². The maximum absolute atomic E-state index is 11.8. The van der Waals surface area contributed by atoms with Crippen molar-refractivity contribution in [2.75, 3.05) is 13.7 Å². The van der Waals surface area contributed by atoms with Crippen LogP contribution in [0.2, 0.25) is 0 Å². The van der Waals surface area contributed by atoms with Crippen molar-refractivity contribution in [1.82, 2.24) is 4.90 Å². The number of methoxy groups -OCH3 is 1. The summed E-state index contributed by atoms with van der Waals surface area (Å²) in [6.07, 6.45) is 0.328. The van der Waals surface area contributed by atoms with E-state index in [1.54, 1.807) is 4.90 Å². The molecule has 110 valence electrons. The number of rotatable bonds is 5.